The summed E-state index contributed by atoms with van der Waals surface area (Å²) in [6, 6.07) is 20.6. The van der Waals surface area contributed by atoms with Crippen LogP contribution in [0.5, 0.6) is 0 Å². The minimum Gasteiger partial charge on any atom is -0.480 e. The zero-order chi connectivity index (χ0) is 22.5. The van der Waals surface area contributed by atoms with Crippen LogP contribution in [0, 0.1) is 5.82 Å². The number of aromatic nitrogens is 2. The Labute approximate surface area is 185 Å². The van der Waals surface area contributed by atoms with E-state index in [0.717, 1.165) is 23.7 Å². The van der Waals surface area contributed by atoms with E-state index in [1.807, 2.05) is 12.1 Å². The van der Waals surface area contributed by atoms with Crippen molar-refractivity contribution in [3.05, 3.63) is 89.9 Å². The maximum Gasteiger partial charge on any atom is 0.320 e. The first-order valence-electron chi connectivity index (χ1n) is 10.3. The molecule has 6 nitrogen and oxygen atoms in total. The molecule has 0 radical (unpaired) electrons. The predicted octanol–water partition coefficient (Wildman–Crippen LogP) is 4.04. The van der Waals surface area contributed by atoms with E-state index in [2.05, 4.69) is 45.6 Å². The quantitative estimate of drug-likeness (QED) is 0.390. The molecule has 4 aromatic rings. The van der Waals surface area contributed by atoms with Gasteiger partial charge in [0.25, 0.3) is 0 Å². The number of carboxylic acid groups (broad SMARTS) is 1. The van der Waals surface area contributed by atoms with Crippen LogP contribution in [0.2, 0.25) is 0 Å². The third kappa shape index (κ3) is 5.07. The number of aliphatic carboxylic acids is 1. The topological polar surface area (TPSA) is 101 Å². The van der Waals surface area contributed by atoms with Crippen molar-refractivity contribution in [2.45, 2.75) is 18.9 Å². The van der Waals surface area contributed by atoms with Crippen LogP contribution >= 0.6 is 0 Å². The zero-order valence-electron chi connectivity index (χ0n) is 17.3. The SMILES string of the molecule is N[C@@H](Cc1ccc(-c2ncc(F)c(NCCc3ccc4ccccc4c3)n2)cc1)C(=O)O. The van der Waals surface area contributed by atoms with E-state index in [0.29, 0.717) is 17.9 Å². The van der Waals surface area contributed by atoms with E-state index < -0.39 is 17.8 Å². The van der Waals surface area contributed by atoms with Gasteiger partial charge in [-0.05, 0) is 34.7 Å². The van der Waals surface area contributed by atoms with E-state index in [4.69, 9.17) is 10.8 Å². The number of benzene rings is 3. The lowest BCUT2D eigenvalue weighted by atomic mass is 10.0. The number of rotatable bonds is 8. The van der Waals surface area contributed by atoms with Gasteiger partial charge in [-0.3, -0.25) is 4.79 Å². The van der Waals surface area contributed by atoms with Gasteiger partial charge in [0, 0.05) is 12.1 Å². The maximum absolute atomic E-state index is 14.2. The molecule has 0 unspecified atom stereocenters. The lowest BCUT2D eigenvalue weighted by Gasteiger charge is -2.10. The second-order valence-corrected chi connectivity index (χ2v) is 7.59. The molecule has 4 rings (SSSR count). The standard InChI is InChI=1S/C25H23FN4O2/c26-21-15-29-23(19-9-6-16(7-10-19)14-22(27)25(31)32)30-24(21)28-12-11-17-5-8-18-3-1-2-4-20(18)13-17/h1-10,13,15,22H,11-12,14,27H2,(H,31,32)(H,28,29,30)/t22-/m0/s1. The van der Waals surface area contributed by atoms with Crippen LogP contribution in [0.15, 0.2) is 72.9 Å². The average Bonchev–Trinajstić information content (AvgIpc) is 2.80. The maximum atomic E-state index is 14.2. The summed E-state index contributed by atoms with van der Waals surface area (Å²) < 4.78 is 14.2. The summed E-state index contributed by atoms with van der Waals surface area (Å²) >= 11 is 0. The molecular formula is C25H23FN4O2. The van der Waals surface area contributed by atoms with Crippen LogP contribution in [0.4, 0.5) is 10.2 Å². The second kappa shape index (κ2) is 9.53. The van der Waals surface area contributed by atoms with Crippen LogP contribution in [0.25, 0.3) is 22.2 Å². The Morgan fingerprint density at radius 2 is 1.75 bits per heavy atom. The van der Waals surface area contributed by atoms with Crippen molar-refractivity contribution in [3.63, 3.8) is 0 Å². The number of carbonyl (C=O) groups is 1. The number of hydrogen-bond donors (Lipinski definition) is 3. The Morgan fingerprint density at radius 3 is 2.50 bits per heavy atom. The summed E-state index contributed by atoms with van der Waals surface area (Å²) in [5, 5.41) is 14.4. The molecule has 0 saturated carbocycles. The molecule has 0 fully saturated rings. The van der Waals surface area contributed by atoms with Crippen molar-refractivity contribution in [2.24, 2.45) is 5.73 Å². The minimum atomic E-state index is -1.05. The fourth-order valence-electron chi connectivity index (χ4n) is 3.48. The monoisotopic (exact) mass is 430 g/mol. The molecule has 3 aromatic carbocycles. The van der Waals surface area contributed by atoms with Crippen molar-refractivity contribution in [1.82, 2.24) is 9.97 Å². The fraction of sp³-hybridized carbons (Fsp3) is 0.160. The molecule has 1 heterocycles. The summed E-state index contributed by atoms with van der Waals surface area (Å²) in [4.78, 5) is 19.3. The lowest BCUT2D eigenvalue weighted by Crippen LogP contribution is -2.32. The highest BCUT2D eigenvalue weighted by molar-refractivity contribution is 5.83. The first kappa shape index (κ1) is 21.4. The number of anilines is 1. The lowest BCUT2D eigenvalue weighted by molar-refractivity contribution is -0.138. The molecule has 0 saturated heterocycles. The molecular weight excluding hydrogens is 407 g/mol. The minimum absolute atomic E-state index is 0.146. The summed E-state index contributed by atoms with van der Waals surface area (Å²) in [6.07, 6.45) is 2.10. The molecule has 1 atom stereocenters. The molecule has 162 valence electrons. The van der Waals surface area contributed by atoms with E-state index >= 15 is 0 Å². The average molecular weight is 430 g/mol. The third-order valence-corrected chi connectivity index (χ3v) is 5.25. The molecule has 32 heavy (non-hydrogen) atoms. The van der Waals surface area contributed by atoms with Crippen LogP contribution < -0.4 is 11.1 Å². The van der Waals surface area contributed by atoms with Crippen molar-refractivity contribution < 1.29 is 14.3 Å². The highest BCUT2D eigenvalue weighted by Gasteiger charge is 2.13. The van der Waals surface area contributed by atoms with E-state index in [1.54, 1.807) is 24.3 Å². The summed E-state index contributed by atoms with van der Waals surface area (Å²) in [7, 11) is 0. The predicted molar refractivity (Wildman–Crippen MR) is 123 cm³/mol. The van der Waals surface area contributed by atoms with Crippen molar-refractivity contribution in [2.75, 3.05) is 11.9 Å². The van der Waals surface area contributed by atoms with Gasteiger partial charge in [0.15, 0.2) is 17.5 Å². The van der Waals surface area contributed by atoms with Gasteiger partial charge >= 0.3 is 5.97 Å². The van der Waals surface area contributed by atoms with E-state index in [9.17, 15) is 9.18 Å². The Kier molecular flexibility index (Phi) is 6.37. The van der Waals surface area contributed by atoms with Crippen molar-refractivity contribution >= 4 is 22.6 Å². The van der Waals surface area contributed by atoms with Crippen molar-refractivity contribution in [1.29, 1.82) is 0 Å². The van der Waals surface area contributed by atoms with Gasteiger partial charge in [-0.1, -0.05) is 66.7 Å². The number of halogens is 1. The number of carboxylic acids is 1. The molecule has 1 aromatic heterocycles. The highest BCUT2D eigenvalue weighted by atomic mass is 19.1. The van der Waals surface area contributed by atoms with E-state index in [1.165, 1.54) is 10.8 Å². The number of hydrogen-bond acceptors (Lipinski definition) is 5. The summed E-state index contributed by atoms with van der Waals surface area (Å²) in [5.74, 6) is -1.03. The molecule has 0 bridgehead atoms. The van der Waals surface area contributed by atoms with Gasteiger partial charge in [0.1, 0.15) is 6.04 Å². The highest BCUT2D eigenvalue weighted by Crippen LogP contribution is 2.20. The number of nitrogens with two attached hydrogens (primary N) is 1. The smallest absolute Gasteiger partial charge is 0.320 e. The summed E-state index contributed by atoms with van der Waals surface area (Å²) in [6.45, 7) is 0.526. The molecule has 0 amide bonds. The Bertz CT molecular complexity index is 1240. The normalized spacial score (nSPS) is 11.9. The third-order valence-electron chi connectivity index (χ3n) is 5.25. The van der Waals surface area contributed by atoms with E-state index in [-0.39, 0.29) is 12.2 Å². The first-order chi connectivity index (χ1) is 15.5. The van der Waals surface area contributed by atoms with Gasteiger partial charge in [-0.2, -0.15) is 0 Å². The molecule has 0 aliphatic rings. The van der Waals surface area contributed by atoms with Crippen LogP contribution in [0.3, 0.4) is 0 Å². The van der Waals surface area contributed by atoms with Crippen molar-refractivity contribution in [3.8, 4) is 11.4 Å². The summed E-state index contributed by atoms with van der Waals surface area (Å²) in [5.41, 5.74) is 8.22. The van der Waals surface area contributed by atoms with Crippen LogP contribution in [-0.4, -0.2) is 33.6 Å². The van der Waals surface area contributed by atoms with Gasteiger partial charge in [0.2, 0.25) is 0 Å². The number of fused-ring (bicyclic) bond motifs is 1. The number of nitrogens with zero attached hydrogens (tertiary/aromatic N) is 2. The van der Waals surface area contributed by atoms with Gasteiger partial charge in [0.05, 0.1) is 6.20 Å². The first-order valence-corrected chi connectivity index (χ1v) is 10.3. The Hall–Kier alpha value is -3.84. The van der Waals surface area contributed by atoms with Crippen LogP contribution in [-0.2, 0) is 17.6 Å². The molecule has 0 aliphatic carbocycles. The zero-order valence-corrected chi connectivity index (χ0v) is 17.3. The van der Waals surface area contributed by atoms with Gasteiger partial charge in [-0.25, -0.2) is 14.4 Å². The molecule has 7 heteroatoms. The largest absolute Gasteiger partial charge is 0.480 e. The second-order valence-electron chi connectivity index (χ2n) is 7.59. The Balaban J connectivity index is 1.42. The molecule has 0 spiro atoms. The van der Waals surface area contributed by atoms with Crippen LogP contribution in [0.1, 0.15) is 11.1 Å². The van der Waals surface area contributed by atoms with Gasteiger partial charge < -0.3 is 16.2 Å². The number of nitrogens with one attached hydrogen (secondary N) is 1. The van der Waals surface area contributed by atoms with Gasteiger partial charge in [-0.15, -0.1) is 0 Å². The fourth-order valence-corrected chi connectivity index (χ4v) is 3.48. The Morgan fingerprint density at radius 1 is 1.03 bits per heavy atom. The molecule has 0 aliphatic heterocycles. The molecule has 4 N–H and O–H groups in total.